The first kappa shape index (κ1) is 14.0. The highest BCUT2D eigenvalue weighted by atomic mass is 32.1. The first-order chi connectivity index (χ1) is 9.12. The van der Waals surface area contributed by atoms with Crippen molar-refractivity contribution in [3.63, 3.8) is 0 Å². The van der Waals surface area contributed by atoms with Crippen molar-refractivity contribution in [1.29, 1.82) is 0 Å². The largest absolute Gasteiger partial charge is 0.497 e. The molecule has 2 N–H and O–H groups in total. The van der Waals surface area contributed by atoms with Gasteiger partial charge in [-0.3, -0.25) is 0 Å². The van der Waals surface area contributed by atoms with Crippen LogP contribution in [0, 0.1) is 0 Å². The standard InChI is InChI=1S/C15H20N2OS/c1-4-15(16,5-2)14-17-13(10-19-14)11-6-8-12(18-3)9-7-11/h6-10H,4-5,16H2,1-3H3. The number of rotatable bonds is 5. The summed E-state index contributed by atoms with van der Waals surface area (Å²) >= 11 is 1.64. The van der Waals surface area contributed by atoms with E-state index in [1.165, 1.54) is 0 Å². The van der Waals surface area contributed by atoms with Crippen LogP contribution in [0.15, 0.2) is 29.6 Å². The molecule has 0 radical (unpaired) electrons. The Balaban J connectivity index is 2.29. The highest BCUT2D eigenvalue weighted by molar-refractivity contribution is 7.10. The van der Waals surface area contributed by atoms with Crippen molar-refractivity contribution in [2.75, 3.05) is 7.11 Å². The fourth-order valence-electron chi connectivity index (χ4n) is 1.95. The first-order valence-electron chi connectivity index (χ1n) is 6.52. The zero-order valence-corrected chi connectivity index (χ0v) is 12.5. The molecular weight excluding hydrogens is 256 g/mol. The van der Waals surface area contributed by atoms with Gasteiger partial charge in [-0.1, -0.05) is 13.8 Å². The molecule has 1 aromatic heterocycles. The van der Waals surface area contributed by atoms with Gasteiger partial charge in [0.25, 0.3) is 0 Å². The Morgan fingerprint density at radius 2 is 1.84 bits per heavy atom. The lowest BCUT2D eigenvalue weighted by molar-refractivity contribution is 0.411. The number of ether oxygens (including phenoxy) is 1. The van der Waals surface area contributed by atoms with Crippen LogP contribution < -0.4 is 10.5 Å². The highest BCUT2D eigenvalue weighted by Crippen LogP contribution is 2.32. The maximum atomic E-state index is 6.38. The van der Waals surface area contributed by atoms with E-state index < -0.39 is 0 Å². The monoisotopic (exact) mass is 276 g/mol. The number of nitrogens with zero attached hydrogens (tertiary/aromatic N) is 1. The topological polar surface area (TPSA) is 48.1 Å². The molecule has 0 saturated heterocycles. The van der Waals surface area contributed by atoms with Gasteiger partial charge in [-0.05, 0) is 37.1 Å². The summed E-state index contributed by atoms with van der Waals surface area (Å²) in [5, 5.41) is 3.09. The normalized spacial score (nSPS) is 11.6. The first-order valence-corrected chi connectivity index (χ1v) is 7.40. The third-order valence-corrected chi connectivity index (χ3v) is 4.64. The SMILES string of the molecule is CCC(N)(CC)c1nc(-c2ccc(OC)cc2)cs1. The van der Waals surface area contributed by atoms with E-state index in [4.69, 9.17) is 15.5 Å². The summed E-state index contributed by atoms with van der Waals surface area (Å²) in [5.41, 5.74) is 8.17. The van der Waals surface area contributed by atoms with Crippen molar-refractivity contribution >= 4 is 11.3 Å². The van der Waals surface area contributed by atoms with Crippen molar-refractivity contribution in [3.8, 4) is 17.0 Å². The smallest absolute Gasteiger partial charge is 0.118 e. The van der Waals surface area contributed by atoms with Crippen LogP contribution in [0.2, 0.25) is 0 Å². The average molecular weight is 276 g/mol. The summed E-state index contributed by atoms with van der Waals surface area (Å²) in [4.78, 5) is 4.70. The van der Waals surface area contributed by atoms with Gasteiger partial charge in [0.05, 0.1) is 18.3 Å². The number of hydrogen-bond acceptors (Lipinski definition) is 4. The molecular formula is C15H20N2OS. The predicted molar refractivity (Wildman–Crippen MR) is 80.5 cm³/mol. The zero-order valence-electron chi connectivity index (χ0n) is 11.6. The molecule has 102 valence electrons. The van der Waals surface area contributed by atoms with Gasteiger partial charge in [0.1, 0.15) is 10.8 Å². The number of hydrogen-bond donors (Lipinski definition) is 1. The Bertz CT molecular complexity index is 529. The highest BCUT2D eigenvalue weighted by Gasteiger charge is 2.26. The molecule has 0 fully saturated rings. The van der Waals surface area contributed by atoms with Gasteiger partial charge < -0.3 is 10.5 Å². The second-order valence-electron chi connectivity index (χ2n) is 4.63. The minimum Gasteiger partial charge on any atom is -0.497 e. The Morgan fingerprint density at radius 1 is 1.21 bits per heavy atom. The van der Waals surface area contributed by atoms with Crippen LogP contribution in [0.4, 0.5) is 0 Å². The van der Waals surface area contributed by atoms with Crippen LogP contribution in [0.25, 0.3) is 11.3 Å². The minimum absolute atomic E-state index is 0.296. The number of nitrogens with two attached hydrogens (primary N) is 1. The van der Waals surface area contributed by atoms with E-state index in [0.29, 0.717) is 0 Å². The molecule has 2 rings (SSSR count). The molecule has 19 heavy (non-hydrogen) atoms. The minimum atomic E-state index is -0.296. The van der Waals surface area contributed by atoms with Crippen molar-refractivity contribution in [2.24, 2.45) is 5.73 Å². The molecule has 0 aliphatic rings. The summed E-state index contributed by atoms with van der Waals surface area (Å²) < 4.78 is 5.16. The number of benzene rings is 1. The molecule has 0 atom stereocenters. The van der Waals surface area contributed by atoms with E-state index in [0.717, 1.165) is 34.9 Å². The van der Waals surface area contributed by atoms with Gasteiger partial charge in [-0.2, -0.15) is 0 Å². The summed E-state index contributed by atoms with van der Waals surface area (Å²) in [6, 6.07) is 7.94. The van der Waals surface area contributed by atoms with Gasteiger partial charge in [0, 0.05) is 10.9 Å². The fraction of sp³-hybridized carbons (Fsp3) is 0.400. The Morgan fingerprint density at radius 3 is 2.37 bits per heavy atom. The average Bonchev–Trinajstić information content (AvgIpc) is 2.97. The third kappa shape index (κ3) is 2.80. The van der Waals surface area contributed by atoms with Crippen LogP contribution in [0.5, 0.6) is 5.75 Å². The molecule has 0 saturated carbocycles. The van der Waals surface area contributed by atoms with Gasteiger partial charge in [-0.15, -0.1) is 11.3 Å². The lowest BCUT2D eigenvalue weighted by Gasteiger charge is -2.23. The molecule has 0 bridgehead atoms. The van der Waals surface area contributed by atoms with Crippen molar-refractivity contribution < 1.29 is 4.74 Å². The summed E-state index contributed by atoms with van der Waals surface area (Å²) in [5.74, 6) is 0.856. The van der Waals surface area contributed by atoms with Crippen LogP contribution >= 0.6 is 11.3 Å². The Hall–Kier alpha value is -1.39. The van der Waals surface area contributed by atoms with E-state index in [2.05, 4.69) is 19.2 Å². The molecule has 4 heteroatoms. The van der Waals surface area contributed by atoms with E-state index in [9.17, 15) is 0 Å². The summed E-state index contributed by atoms with van der Waals surface area (Å²) in [6.45, 7) is 4.22. The van der Waals surface area contributed by atoms with Crippen LogP contribution in [0.1, 0.15) is 31.7 Å². The van der Waals surface area contributed by atoms with Crippen LogP contribution in [-0.4, -0.2) is 12.1 Å². The summed E-state index contributed by atoms with van der Waals surface area (Å²) in [6.07, 6.45) is 1.80. The van der Waals surface area contributed by atoms with Crippen molar-refractivity contribution in [1.82, 2.24) is 4.98 Å². The zero-order chi connectivity index (χ0) is 13.9. The Kier molecular flexibility index (Phi) is 4.22. The summed E-state index contributed by atoms with van der Waals surface area (Å²) in [7, 11) is 1.67. The predicted octanol–water partition coefficient (Wildman–Crippen LogP) is 3.79. The molecule has 0 amide bonds. The molecule has 1 heterocycles. The van der Waals surface area contributed by atoms with E-state index in [-0.39, 0.29) is 5.54 Å². The van der Waals surface area contributed by atoms with Crippen molar-refractivity contribution in [2.45, 2.75) is 32.2 Å². The van der Waals surface area contributed by atoms with E-state index in [1.807, 2.05) is 24.3 Å². The number of thiazole rings is 1. The molecule has 0 unspecified atom stereocenters. The maximum absolute atomic E-state index is 6.38. The van der Waals surface area contributed by atoms with E-state index in [1.54, 1.807) is 18.4 Å². The second kappa shape index (κ2) is 5.72. The van der Waals surface area contributed by atoms with Crippen LogP contribution in [0.3, 0.4) is 0 Å². The molecule has 3 nitrogen and oxygen atoms in total. The van der Waals surface area contributed by atoms with Gasteiger partial charge >= 0.3 is 0 Å². The maximum Gasteiger partial charge on any atom is 0.118 e. The van der Waals surface area contributed by atoms with Gasteiger partial charge in [0.2, 0.25) is 0 Å². The van der Waals surface area contributed by atoms with Crippen LogP contribution in [-0.2, 0) is 5.54 Å². The van der Waals surface area contributed by atoms with Crippen molar-refractivity contribution in [3.05, 3.63) is 34.7 Å². The third-order valence-electron chi connectivity index (χ3n) is 3.58. The molecule has 0 spiro atoms. The lowest BCUT2D eigenvalue weighted by Crippen LogP contribution is -2.34. The fourth-order valence-corrected chi connectivity index (χ4v) is 3.04. The Labute approximate surface area is 118 Å². The quantitative estimate of drug-likeness (QED) is 0.903. The molecule has 1 aromatic carbocycles. The van der Waals surface area contributed by atoms with Gasteiger partial charge in [0.15, 0.2) is 0 Å². The number of aromatic nitrogens is 1. The van der Waals surface area contributed by atoms with E-state index >= 15 is 0 Å². The lowest BCUT2D eigenvalue weighted by atomic mass is 9.95. The second-order valence-corrected chi connectivity index (χ2v) is 5.49. The van der Waals surface area contributed by atoms with Gasteiger partial charge in [-0.25, -0.2) is 4.98 Å². The number of methoxy groups -OCH3 is 1. The molecule has 2 aromatic rings. The molecule has 0 aliphatic carbocycles. The molecule has 0 aliphatic heterocycles.